The van der Waals surface area contributed by atoms with Gasteiger partial charge in [-0.1, -0.05) is 30.3 Å². The molecule has 2 heterocycles. The minimum atomic E-state index is -0.319. The average molecular weight is 339 g/mol. The lowest BCUT2D eigenvalue weighted by Gasteiger charge is -2.08. The summed E-state index contributed by atoms with van der Waals surface area (Å²) in [5, 5.41) is 12.0. The summed E-state index contributed by atoms with van der Waals surface area (Å²) in [6.45, 7) is 2.68. The number of aryl methyl sites for hydroxylation is 3. The van der Waals surface area contributed by atoms with Crippen LogP contribution in [0, 0.1) is 6.92 Å². The van der Waals surface area contributed by atoms with E-state index in [1.165, 1.54) is 5.56 Å². The van der Waals surface area contributed by atoms with Gasteiger partial charge in [0.25, 0.3) is 5.91 Å². The molecule has 0 aliphatic heterocycles. The fraction of sp³-hybridized carbons (Fsp3) is 0.263. The summed E-state index contributed by atoms with van der Waals surface area (Å²) in [6, 6.07) is 11.8. The van der Waals surface area contributed by atoms with Gasteiger partial charge in [0, 0.05) is 24.5 Å². The van der Waals surface area contributed by atoms with Crippen molar-refractivity contribution in [3.8, 4) is 0 Å². The first-order valence-corrected chi connectivity index (χ1v) is 8.19. The number of aliphatic hydroxyl groups excluding tert-OH is 1. The molecule has 2 aromatic heterocycles. The maximum atomic E-state index is 12.2. The van der Waals surface area contributed by atoms with Gasteiger partial charge in [-0.25, -0.2) is 4.98 Å². The van der Waals surface area contributed by atoms with Crippen LogP contribution >= 0.6 is 0 Å². The van der Waals surface area contributed by atoms with Crippen molar-refractivity contribution in [1.82, 2.24) is 14.9 Å². The number of amides is 1. The molecule has 0 radical (unpaired) electrons. The standard InChI is InChI=1S/C19H21N3O3/c1-14-16(13-23)11-17(25-14)19(24)21-12-18-20-8-10-22(18)9-7-15-5-3-2-4-6-15/h2-6,8,10-11,23H,7,9,12-13H2,1H3,(H,21,24). The summed E-state index contributed by atoms with van der Waals surface area (Å²) >= 11 is 0. The van der Waals surface area contributed by atoms with Gasteiger partial charge in [-0.05, 0) is 25.0 Å². The first-order chi connectivity index (χ1) is 12.2. The number of carbonyl (C=O) groups excluding carboxylic acids is 1. The number of carbonyl (C=O) groups is 1. The zero-order chi connectivity index (χ0) is 17.6. The van der Waals surface area contributed by atoms with Crippen LogP contribution in [0.25, 0.3) is 0 Å². The van der Waals surface area contributed by atoms with E-state index >= 15 is 0 Å². The highest BCUT2D eigenvalue weighted by atomic mass is 16.4. The zero-order valence-electron chi connectivity index (χ0n) is 14.1. The van der Waals surface area contributed by atoms with Crippen LogP contribution in [-0.4, -0.2) is 20.6 Å². The highest BCUT2D eigenvalue weighted by molar-refractivity contribution is 5.91. The number of hydrogen-bond donors (Lipinski definition) is 2. The van der Waals surface area contributed by atoms with E-state index in [-0.39, 0.29) is 18.3 Å². The van der Waals surface area contributed by atoms with E-state index in [4.69, 9.17) is 4.42 Å². The molecule has 0 saturated heterocycles. The Morgan fingerprint density at radius 3 is 2.84 bits per heavy atom. The van der Waals surface area contributed by atoms with Crippen molar-refractivity contribution in [2.24, 2.45) is 0 Å². The van der Waals surface area contributed by atoms with Crippen LogP contribution in [0.4, 0.5) is 0 Å². The summed E-state index contributed by atoms with van der Waals surface area (Å²) in [7, 11) is 0. The number of nitrogens with one attached hydrogen (secondary N) is 1. The molecule has 2 N–H and O–H groups in total. The second kappa shape index (κ2) is 7.81. The maximum Gasteiger partial charge on any atom is 0.287 e. The molecule has 25 heavy (non-hydrogen) atoms. The molecule has 0 aliphatic rings. The Morgan fingerprint density at radius 2 is 2.12 bits per heavy atom. The van der Waals surface area contributed by atoms with Crippen molar-refractivity contribution in [3.63, 3.8) is 0 Å². The third-order valence-corrected chi connectivity index (χ3v) is 4.11. The summed E-state index contributed by atoms with van der Waals surface area (Å²) in [5.74, 6) is 1.22. The average Bonchev–Trinajstić information content (AvgIpc) is 3.24. The number of furan rings is 1. The molecule has 130 valence electrons. The van der Waals surface area contributed by atoms with Crippen molar-refractivity contribution < 1.29 is 14.3 Å². The Labute approximate surface area is 146 Å². The lowest BCUT2D eigenvalue weighted by atomic mass is 10.1. The monoisotopic (exact) mass is 339 g/mol. The molecule has 1 aromatic carbocycles. The predicted molar refractivity (Wildman–Crippen MR) is 92.9 cm³/mol. The van der Waals surface area contributed by atoms with E-state index in [1.807, 2.05) is 29.0 Å². The summed E-state index contributed by atoms with van der Waals surface area (Å²) in [5.41, 5.74) is 1.88. The number of benzene rings is 1. The van der Waals surface area contributed by atoms with E-state index in [0.29, 0.717) is 17.9 Å². The number of hydrogen-bond acceptors (Lipinski definition) is 4. The van der Waals surface area contributed by atoms with Crippen LogP contribution in [0.5, 0.6) is 0 Å². The largest absolute Gasteiger partial charge is 0.456 e. The van der Waals surface area contributed by atoms with Crippen LogP contribution in [0.15, 0.2) is 53.2 Å². The normalized spacial score (nSPS) is 10.8. The van der Waals surface area contributed by atoms with E-state index in [2.05, 4.69) is 22.4 Å². The van der Waals surface area contributed by atoms with Gasteiger partial charge in [0.15, 0.2) is 5.76 Å². The Balaban J connectivity index is 1.58. The Morgan fingerprint density at radius 1 is 1.32 bits per heavy atom. The van der Waals surface area contributed by atoms with Crippen molar-refractivity contribution in [2.45, 2.75) is 33.0 Å². The first-order valence-electron chi connectivity index (χ1n) is 8.19. The van der Waals surface area contributed by atoms with Crippen LogP contribution in [0.3, 0.4) is 0 Å². The molecule has 0 bridgehead atoms. The summed E-state index contributed by atoms with van der Waals surface area (Å²) in [4.78, 5) is 16.5. The molecule has 0 fully saturated rings. The van der Waals surface area contributed by atoms with Crippen LogP contribution in [0.1, 0.15) is 33.3 Å². The molecule has 0 atom stereocenters. The van der Waals surface area contributed by atoms with Gasteiger partial charge in [0.1, 0.15) is 11.6 Å². The lowest BCUT2D eigenvalue weighted by Crippen LogP contribution is -2.24. The molecule has 0 unspecified atom stereocenters. The molecule has 3 aromatic rings. The van der Waals surface area contributed by atoms with E-state index in [1.54, 1.807) is 19.2 Å². The smallest absolute Gasteiger partial charge is 0.287 e. The summed E-state index contributed by atoms with van der Waals surface area (Å²) in [6.07, 6.45) is 4.54. The number of aliphatic hydroxyl groups is 1. The van der Waals surface area contributed by atoms with Gasteiger partial charge in [-0.15, -0.1) is 0 Å². The van der Waals surface area contributed by atoms with Gasteiger partial charge < -0.3 is 19.4 Å². The first kappa shape index (κ1) is 17.0. The number of nitrogens with zero attached hydrogens (tertiary/aromatic N) is 2. The second-order valence-corrected chi connectivity index (χ2v) is 5.81. The minimum Gasteiger partial charge on any atom is -0.456 e. The molecule has 0 aliphatic carbocycles. The molecule has 6 nitrogen and oxygen atoms in total. The van der Waals surface area contributed by atoms with Crippen LogP contribution in [-0.2, 0) is 26.1 Å². The van der Waals surface area contributed by atoms with Gasteiger partial charge in [-0.2, -0.15) is 0 Å². The fourth-order valence-electron chi connectivity index (χ4n) is 2.64. The molecule has 0 saturated carbocycles. The Kier molecular flexibility index (Phi) is 5.30. The SMILES string of the molecule is Cc1oc(C(=O)NCc2nccn2CCc2ccccc2)cc1CO. The quantitative estimate of drug-likeness (QED) is 0.693. The van der Waals surface area contributed by atoms with Crippen molar-refractivity contribution in [1.29, 1.82) is 0 Å². The predicted octanol–water partition coefficient (Wildman–Crippen LogP) is 2.45. The van der Waals surface area contributed by atoms with Gasteiger partial charge >= 0.3 is 0 Å². The number of aromatic nitrogens is 2. The van der Waals surface area contributed by atoms with Crippen molar-refractivity contribution in [3.05, 3.63) is 77.3 Å². The molecule has 3 rings (SSSR count). The number of rotatable bonds is 7. The van der Waals surface area contributed by atoms with E-state index in [0.717, 1.165) is 18.8 Å². The molecule has 1 amide bonds. The highest BCUT2D eigenvalue weighted by Crippen LogP contribution is 2.14. The van der Waals surface area contributed by atoms with Crippen molar-refractivity contribution in [2.75, 3.05) is 0 Å². The minimum absolute atomic E-state index is 0.146. The highest BCUT2D eigenvalue weighted by Gasteiger charge is 2.14. The Hall–Kier alpha value is -2.86. The maximum absolute atomic E-state index is 12.2. The fourth-order valence-corrected chi connectivity index (χ4v) is 2.64. The lowest BCUT2D eigenvalue weighted by molar-refractivity contribution is 0.0920. The second-order valence-electron chi connectivity index (χ2n) is 5.81. The third kappa shape index (κ3) is 4.16. The molecule has 0 spiro atoms. The van der Waals surface area contributed by atoms with Crippen LogP contribution < -0.4 is 5.32 Å². The van der Waals surface area contributed by atoms with Crippen LogP contribution in [0.2, 0.25) is 0 Å². The zero-order valence-corrected chi connectivity index (χ0v) is 14.1. The molecular formula is C19H21N3O3. The summed E-state index contributed by atoms with van der Waals surface area (Å²) < 4.78 is 7.40. The molecular weight excluding hydrogens is 318 g/mol. The topological polar surface area (TPSA) is 80.3 Å². The molecule has 6 heteroatoms. The van der Waals surface area contributed by atoms with E-state index < -0.39 is 0 Å². The van der Waals surface area contributed by atoms with E-state index in [9.17, 15) is 9.90 Å². The van der Waals surface area contributed by atoms with Gasteiger partial charge in [0.2, 0.25) is 0 Å². The van der Waals surface area contributed by atoms with Gasteiger partial charge in [0.05, 0.1) is 13.2 Å². The van der Waals surface area contributed by atoms with Crippen molar-refractivity contribution >= 4 is 5.91 Å². The third-order valence-electron chi connectivity index (χ3n) is 4.11. The number of imidazole rings is 1. The Bertz CT molecular complexity index is 837. The van der Waals surface area contributed by atoms with Gasteiger partial charge in [-0.3, -0.25) is 4.79 Å².